The molecular weight excluding hydrogens is 326 g/mol. The number of hydrogen-bond acceptors (Lipinski definition) is 5. The standard InChI is InChI=1S/C17H17N3OS2/c1-11(21)19-9-13-6-7-16(23-13)15-10-22-17(20-15)14(8-18)12-4-2-3-5-12/h6-7,10H,2-5,9H2,1H3,(H,19,21). The van der Waals surface area contributed by atoms with Crippen molar-refractivity contribution in [3.8, 4) is 16.6 Å². The van der Waals surface area contributed by atoms with E-state index in [2.05, 4.69) is 16.4 Å². The fourth-order valence-electron chi connectivity index (χ4n) is 2.65. The van der Waals surface area contributed by atoms with E-state index < -0.39 is 0 Å². The van der Waals surface area contributed by atoms with E-state index in [9.17, 15) is 10.1 Å². The van der Waals surface area contributed by atoms with Gasteiger partial charge >= 0.3 is 0 Å². The smallest absolute Gasteiger partial charge is 0.217 e. The van der Waals surface area contributed by atoms with E-state index in [1.54, 1.807) is 11.3 Å². The van der Waals surface area contributed by atoms with Gasteiger partial charge in [-0.15, -0.1) is 22.7 Å². The predicted octanol–water partition coefficient (Wildman–Crippen LogP) is 4.36. The number of nitrogens with one attached hydrogen (secondary N) is 1. The Hall–Kier alpha value is -1.97. The third kappa shape index (κ3) is 3.69. The Balaban J connectivity index is 1.81. The monoisotopic (exact) mass is 343 g/mol. The average molecular weight is 343 g/mol. The van der Waals surface area contributed by atoms with E-state index in [0.29, 0.717) is 6.54 Å². The van der Waals surface area contributed by atoms with Crippen molar-refractivity contribution in [3.63, 3.8) is 0 Å². The first-order chi connectivity index (χ1) is 11.2. The van der Waals surface area contributed by atoms with Gasteiger partial charge in [-0.3, -0.25) is 4.79 Å². The molecule has 0 atom stereocenters. The van der Waals surface area contributed by atoms with Crippen molar-refractivity contribution in [1.29, 1.82) is 5.26 Å². The van der Waals surface area contributed by atoms with Gasteiger partial charge in [0.15, 0.2) is 0 Å². The summed E-state index contributed by atoms with van der Waals surface area (Å²) in [4.78, 5) is 17.8. The Morgan fingerprint density at radius 3 is 2.87 bits per heavy atom. The Kier molecular flexibility index (Phi) is 4.89. The lowest BCUT2D eigenvalue weighted by molar-refractivity contribution is -0.119. The zero-order valence-corrected chi connectivity index (χ0v) is 14.5. The van der Waals surface area contributed by atoms with Gasteiger partial charge in [-0.1, -0.05) is 0 Å². The number of aromatic nitrogens is 1. The summed E-state index contributed by atoms with van der Waals surface area (Å²) < 4.78 is 0. The number of nitriles is 1. The van der Waals surface area contributed by atoms with Gasteiger partial charge in [-0.2, -0.15) is 5.26 Å². The molecule has 0 saturated heterocycles. The minimum atomic E-state index is -0.0299. The molecule has 0 unspecified atom stereocenters. The predicted molar refractivity (Wildman–Crippen MR) is 93.9 cm³/mol. The number of hydrogen-bond donors (Lipinski definition) is 1. The molecule has 23 heavy (non-hydrogen) atoms. The van der Waals surface area contributed by atoms with Gasteiger partial charge in [0.1, 0.15) is 11.1 Å². The van der Waals surface area contributed by atoms with Crippen LogP contribution in [-0.4, -0.2) is 10.9 Å². The van der Waals surface area contributed by atoms with Crippen LogP contribution in [0.1, 0.15) is 42.5 Å². The maximum absolute atomic E-state index is 11.0. The van der Waals surface area contributed by atoms with Crippen molar-refractivity contribution in [2.45, 2.75) is 39.2 Å². The molecule has 118 valence electrons. The number of amides is 1. The first kappa shape index (κ1) is 15.9. The van der Waals surface area contributed by atoms with Crippen LogP contribution < -0.4 is 5.32 Å². The largest absolute Gasteiger partial charge is 0.351 e. The third-order valence-corrected chi connectivity index (χ3v) is 5.78. The first-order valence-corrected chi connectivity index (χ1v) is 9.28. The molecule has 0 aliphatic heterocycles. The van der Waals surface area contributed by atoms with Crippen LogP contribution in [0.2, 0.25) is 0 Å². The quantitative estimate of drug-likeness (QED) is 0.839. The second-order valence-corrected chi connectivity index (χ2v) is 7.54. The Bertz CT molecular complexity index is 787. The molecule has 1 fully saturated rings. The summed E-state index contributed by atoms with van der Waals surface area (Å²) in [5.41, 5.74) is 2.94. The number of thiophene rings is 1. The van der Waals surface area contributed by atoms with Crippen LogP contribution in [0, 0.1) is 11.3 Å². The maximum Gasteiger partial charge on any atom is 0.217 e. The van der Waals surface area contributed by atoms with Crippen LogP contribution in [0.4, 0.5) is 0 Å². The van der Waals surface area contributed by atoms with Crippen molar-refractivity contribution < 1.29 is 4.79 Å². The highest BCUT2D eigenvalue weighted by Crippen LogP contribution is 2.35. The summed E-state index contributed by atoms with van der Waals surface area (Å²) in [6.07, 6.45) is 4.40. The molecule has 1 saturated carbocycles. The van der Waals surface area contributed by atoms with Crippen molar-refractivity contribution in [2.24, 2.45) is 0 Å². The molecule has 2 aromatic rings. The van der Waals surface area contributed by atoms with Crippen LogP contribution in [0.5, 0.6) is 0 Å². The Morgan fingerprint density at radius 1 is 1.39 bits per heavy atom. The average Bonchev–Trinajstić information content (AvgIpc) is 3.27. The molecule has 0 aromatic carbocycles. The minimum absolute atomic E-state index is 0.0299. The Morgan fingerprint density at radius 2 is 2.17 bits per heavy atom. The first-order valence-electron chi connectivity index (χ1n) is 7.59. The summed E-state index contributed by atoms with van der Waals surface area (Å²) in [7, 11) is 0. The van der Waals surface area contributed by atoms with Crippen molar-refractivity contribution in [3.05, 3.63) is 33.0 Å². The minimum Gasteiger partial charge on any atom is -0.351 e. The van der Waals surface area contributed by atoms with Gasteiger partial charge in [-0.05, 0) is 43.4 Å². The SMILES string of the molecule is CC(=O)NCc1ccc(-c2csc(C(C#N)=C3CCCC3)n2)s1. The van der Waals surface area contributed by atoms with Gasteiger partial charge in [0.2, 0.25) is 5.91 Å². The highest BCUT2D eigenvalue weighted by molar-refractivity contribution is 7.16. The molecule has 0 radical (unpaired) electrons. The third-order valence-electron chi connectivity index (χ3n) is 3.82. The molecule has 4 nitrogen and oxygen atoms in total. The van der Waals surface area contributed by atoms with Gasteiger partial charge in [0, 0.05) is 17.2 Å². The number of allylic oxidation sites excluding steroid dienone is 2. The zero-order chi connectivity index (χ0) is 16.2. The summed E-state index contributed by atoms with van der Waals surface area (Å²) in [5, 5.41) is 15.1. The molecule has 1 aliphatic rings. The van der Waals surface area contributed by atoms with E-state index in [0.717, 1.165) is 38.9 Å². The molecule has 3 rings (SSSR count). The number of carbonyl (C=O) groups excluding carboxylic acids is 1. The highest BCUT2D eigenvalue weighted by atomic mass is 32.1. The molecule has 6 heteroatoms. The van der Waals surface area contributed by atoms with Crippen molar-refractivity contribution >= 4 is 34.2 Å². The molecular formula is C17H17N3OS2. The van der Waals surface area contributed by atoms with Gasteiger partial charge in [-0.25, -0.2) is 4.98 Å². The van der Waals surface area contributed by atoms with E-state index in [1.807, 2.05) is 17.5 Å². The molecule has 0 bridgehead atoms. The summed E-state index contributed by atoms with van der Waals surface area (Å²) >= 11 is 3.16. The van der Waals surface area contributed by atoms with Gasteiger partial charge in [0.25, 0.3) is 0 Å². The van der Waals surface area contributed by atoms with Crippen LogP contribution in [0.15, 0.2) is 23.1 Å². The molecule has 2 aromatic heterocycles. The van der Waals surface area contributed by atoms with Gasteiger partial charge in [0.05, 0.1) is 22.7 Å². The Labute approximate surface area is 143 Å². The maximum atomic E-state index is 11.0. The molecule has 2 heterocycles. The normalized spacial score (nSPS) is 13.8. The van der Waals surface area contributed by atoms with Crippen LogP contribution in [-0.2, 0) is 11.3 Å². The number of carbonyl (C=O) groups is 1. The van der Waals surface area contributed by atoms with Gasteiger partial charge < -0.3 is 5.32 Å². The lowest BCUT2D eigenvalue weighted by Gasteiger charge is -1.99. The fraction of sp³-hybridized carbons (Fsp3) is 0.353. The number of nitrogens with zero attached hydrogens (tertiary/aromatic N) is 2. The van der Waals surface area contributed by atoms with E-state index in [4.69, 9.17) is 0 Å². The molecule has 1 aliphatic carbocycles. The van der Waals surface area contributed by atoms with E-state index in [-0.39, 0.29) is 5.91 Å². The van der Waals surface area contributed by atoms with Crippen molar-refractivity contribution in [1.82, 2.24) is 10.3 Å². The molecule has 0 spiro atoms. The summed E-state index contributed by atoms with van der Waals surface area (Å²) in [6, 6.07) is 6.38. The lowest BCUT2D eigenvalue weighted by Crippen LogP contribution is -2.17. The topological polar surface area (TPSA) is 65.8 Å². The lowest BCUT2D eigenvalue weighted by atomic mass is 10.1. The van der Waals surface area contributed by atoms with Crippen LogP contribution in [0.3, 0.4) is 0 Å². The van der Waals surface area contributed by atoms with E-state index >= 15 is 0 Å². The molecule has 1 N–H and O–H groups in total. The van der Waals surface area contributed by atoms with Crippen LogP contribution >= 0.6 is 22.7 Å². The van der Waals surface area contributed by atoms with Crippen LogP contribution in [0.25, 0.3) is 16.1 Å². The second kappa shape index (κ2) is 7.07. The summed E-state index contributed by atoms with van der Waals surface area (Å²) in [6.45, 7) is 2.06. The van der Waals surface area contributed by atoms with E-state index in [1.165, 1.54) is 36.7 Å². The number of rotatable bonds is 4. The molecule has 1 amide bonds. The summed E-state index contributed by atoms with van der Waals surface area (Å²) in [5.74, 6) is -0.0299. The highest BCUT2D eigenvalue weighted by Gasteiger charge is 2.17. The second-order valence-electron chi connectivity index (χ2n) is 5.51. The zero-order valence-electron chi connectivity index (χ0n) is 12.9. The van der Waals surface area contributed by atoms with Crippen molar-refractivity contribution in [2.75, 3.05) is 0 Å². The fourth-order valence-corrected chi connectivity index (χ4v) is 4.50. The number of thiazole rings is 1.